The summed E-state index contributed by atoms with van der Waals surface area (Å²) in [6.45, 7) is 0.926. The molecule has 0 fully saturated rings. The molecule has 0 aliphatic rings. The van der Waals surface area contributed by atoms with Crippen molar-refractivity contribution in [2.24, 2.45) is 5.92 Å². The largest absolute Gasteiger partial charge is 0.467 e. The van der Waals surface area contributed by atoms with Gasteiger partial charge < -0.3 is 15.2 Å². The topological polar surface area (TPSA) is 99.4 Å². The van der Waals surface area contributed by atoms with Gasteiger partial charge >= 0.3 is 5.97 Å². The van der Waals surface area contributed by atoms with Crippen LogP contribution in [0.25, 0.3) is 0 Å². The first-order chi connectivity index (χ1) is 7.04. The summed E-state index contributed by atoms with van der Waals surface area (Å²) in [6.07, 6.45) is 0.162. The summed E-state index contributed by atoms with van der Waals surface area (Å²) in [7, 11) is 1.19. The molecule has 0 spiro atoms. The molecule has 0 aliphatic heterocycles. The summed E-state index contributed by atoms with van der Waals surface area (Å²) in [5.74, 6) is -1.68. The number of nitrogens with one attached hydrogen (secondary N) is 1. The van der Waals surface area contributed by atoms with Crippen molar-refractivity contribution in [2.75, 3.05) is 13.7 Å². The molecule has 0 aromatic carbocycles. The van der Waals surface area contributed by atoms with Crippen LogP contribution >= 0.6 is 0 Å². The molecule has 2 atom stereocenters. The van der Waals surface area contributed by atoms with E-state index in [1.807, 2.05) is 6.07 Å². The van der Waals surface area contributed by atoms with Crippen LogP contribution in [0.15, 0.2) is 0 Å². The Kier molecular flexibility index (Phi) is 6.06. The quantitative estimate of drug-likeness (QED) is 0.583. The van der Waals surface area contributed by atoms with E-state index in [4.69, 9.17) is 10.4 Å². The molecule has 0 aromatic heterocycles. The van der Waals surface area contributed by atoms with Crippen molar-refractivity contribution >= 4 is 11.9 Å². The van der Waals surface area contributed by atoms with E-state index in [2.05, 4.69) is 10.1 Å². The standard InChI is InChI=1S/C9H14N2O4/c1-6(4-10)3-7(9(14)15-2)11-8(13)5-12/h6-7,12H,3,5H2,1-2H3,(H,11,13)/t6-,7+/m1/s1. The molecule has 6 heteroatoms. The highest BCUT2D eigenvalue weighted by Crippen LogP contribution is 2.06. The van der Waals surface area contributed by atoms with Crippen molar-refractivity contribution in [2.45, 2.75) is 19.4 Å². The van der Waals surface area contributed by atoms with E-state index < -0.39 is 24.5 Å². The average Bonchev–Trinajstić information content (AvgIpc) is 2.26. The van der Waals surface area contributed by atoms with E-state index in [1.165, 1.54) is 7.11 Å². The maximum Gasteiger partial charge on any atom is 0.328 e. The van der Waals surface area contributed by atoms with E-state index in [1.54, 1.807) is 6.92 Å². The number of carbonyl (C=O) groups excluding carboxylic acids is 2. The Labute approximate surface area is 87.8 Å². The summed E-state index contributed by atoms with van der Waals surface area (Å²) in [4.78, 5) is 22.0. The lowest BCUT2D eigenvalue weighted by Crippen LogP contribution is -2.43. The van der Waals surface area contributed by atoms with Crippen LogP contribution in [0.4, 0.5) is 0 Å². The Bertz CT molecular complexity index is 272. The number of hydrogen-bond donors (Lipinski definition) is 2. The first-order valence-corrected chi connectivity index (χ1v) is 4.42. The second-order valence-corrected chi connectivity index (χ2v) is 3.07. The van der Waals surface area contributed by atoms with Crippen molar-refractivity contribution in [3.8, 4) is 6.07 Å². The van der Waals surface area contributed by atoms with Gasteiger partial charge in [-0.3, -0.25) is 4.79 Å². The third-order valence-electron chi connectivity index (χ3n) is 1.77. The first-order valence-electron chi connectivity index (χ1n) is 4.42. The number of amides is 1. The lowest BCUT2D eigenvalue weighted by atomic mass is 10.0. The lowest BCUT2D eigenvalue weighted by molar-refractivity contribution is -0.145. The van der Waals surface area contributed by atoms with Crippen molar-refractivity contribution in [1.29, 1.82) is 5.26 Å². The Balaban J connectivity index is 4.39. The van der Waals surface area contributed by atoms with Gasteiger partial charge in [0.25, 0.3) is 0 Å². The molecule has 0 heterocycles. The van der Waals surface area contributed by atoms with Gasteiger partial charge in [0, 0.05) is 5.92 Å². The number of carbonyl (C=O) groups is 2. The van der Waals surface area contributed by atoms with E-state index in [0.29, 0.717) is 0 Å². The molecule has 0 rings (SSSR count). The van der Waals surface area contributed by atoms with Crippen molar-refractivity contribution in [3.05, 3.63) is 0 Å². The van der Waals surface area contributed by atoms with Crippen LogP contribution in [-0.2, 0) is 14.3 Å². The summed E-state index contributed by atoms with van der Waals surface area (Å²) < 4.78 is 4.46. The van der Waals surface area contributed by atoms with Gasteiger partial charge in [-0.05, 0) is 13.3 Å². The smallest absolute Gasteiger partial charge is 0.328 e. The van der Waals surface area contributed by atoms with Crippen LogP contribution in [0, 0.1) is 17.2 Å². The minimum Gasteiger partial charge on any atom is -0.467 e. The van der Waals surface area contributed by atoms with Crippen LogP contribution in [0.1, 0.15) is 13.3 Å². The third kappa shape index (κ3) is 4.98. The molecular weight excluding hydrogens is 200 g/mol. The predicted octanol–water partition coefficient (Wildman–Crippen LogP) is -0.814. The predicted molar refractivity (Wildman–Crippen MR) is 50.4 cm³/mol. The fourth-order valence-corrected chi connectivity index (χ4v) is 1.00. The number of hydrogen-bond acceptors (Lipinski definition) is 5. The zero-order valence-electron chi connectivity index (χ0n) is 8.69. The highest BCUT2D eigenvalue weighted by molar-refractivity contribution is 5.84. The van der Waals surface area contributed by atoms with Crippen LogP contribution in [-0.4, -0.2) is 36.7 Å². The SMILES string of the molecule is COC(=O)[C@H](C[C@@H](C)C#N)NC(=O)CO. The van der Waals surface area contributed by atoms with Crippen LogP contribution in [0.3, 0.4) is 0 Å². The zero-order valence-corrected chi connectivity index (χ0v) is 8.69. The van der Waals surface area contributed by atoms with Crippen LogP contribution in [0.5, 0.6) is 0 Å². The Hall–Kier alpha value is -1.61. The highest BCUT2D eigenvalue weighted by Gasteiger charge is 2.23. The minimum atomic E-state index is -0.885. The summed E-state index contributed by atoms with van der Waals surface area (Å²) in [5, 5.41) is 19.3. The van der Waals surface area contributed by atoms with E-state index in [9.17, 15) is 9.59 Å². The fourth-order valence-electron chi connectivity index (χ4n) is 1.00. The molecule has 0 saturated heterocycles. The zero-order chi connectivity index (χ0) is 11.8. The van der Waals surface area contributed by atoms with Gasteiger partial charge in [-0.1, -0.05) is 0 Å². The third-order valence-corrected chi connectivity index (χ3v) is 1.77. The van der Waals surface area contributed by atoms with E-state index in [-0.39, 0.29) is 12.3 Å². The van der Waals surface area contributed by atoms with Crippen molar-refractivity contribution < 1.29 is 19.4 Å². The number of nitriles is 1. The van der Waals surface area contributed by atoms with Gasteiger partial charge in [0.15, 0.2) is 0 Å². The number of nitrogens with zero attached hydrogens (tertiary/aromatic N) is 1. The molecule has 1 amide bonds. The molecule has 15 heavy (non-hydrogen) atoms. The number of rotatable bonds is 5. The molecule has 6 nitrogen and oxygen atoms in total. The van der Waals surface area contributed by atoms with Crippen molar-refractivity contribution in [3.63, 3.8) is 0 Å². The summed E-state index contributed by atoms with van der Waals surface area (Å²) in [6, 6.07) is 1.06. The number of ether oxygens (including phenoxy) is 1. The monoisotopic (exact) mass is 214 g/mol. The number of aliphatic hydroxyl groups is 1. The van der Waals surface area contributed by atoms with E-state index >= 15 is 0 Å². The van der Waals surface area contributed by atoms with Gasteiger partial charge in [0.1, 0.15) is 12.6 Å². The maximum atomic E-state index is 11.2. The Morgan fingerprint density at radius 2 is 2.20 bits per heavy atom. The molecule has 0 bridgehead atoms. The second-order valence-electron chi connectivity index (χ2n) is 3.07. The first kappa shape index (κ1) is 13.4. The molecule has 0 aliphatic carbocycles. The van der Waals surface area contributed by atoms with Crippen LogP contribution in [0.2, 0.25) is 0 Å². The van der Waals surface area contributed by atoms with Gasteiger partial charge in [0.2, 0.25) is 5.91 Å². The Morgan fingerprint density at radius 3 is 2.60 bits per heavy atom. The number of aliphatic hydroxyl groups excluding tert-OH is 1. The molecule has 0 unspecified atom stereocenters. The molecule has 0 radical (unpaired) electrons. The lowest BCUT2D eigenvalue weighted by Gasteiger charge is -2.16. The molecule has 84 valence electrons. The van der Waals surface area contributed by atoms with Gasteiger partial charge in [-0.15, -0.1) is 0 Å². The molecule has 0 saturated carbocycles. The Morgan fingerprint density at radius 1 is 1.60 bits per heavy atom. The van der Waals surface area contributed by atoms with E-state index in [0.717, 1.165) is 0 Å². The van der Waals surface area contributed by atoms with Crippen molar-refractivity contribution in [1.82, 2.24) is 5.32 Å². The molecular formula is C9H14N2O4. The van der Waals surface area contributed by atoms with Gasteiger partial charge in [-0.25, -0.2) is 4.79 Å². The highest BCUT2D eigenvalue weighted by atomic mass is 16.5. The van der Waals surface area contributed by atoms with Gasteiger partial charge in [-0.2, -0.15) is 5.26 Å². The average molecular weight is 214 g/mol. The minimum absolute atomic E-state index is 0.162. The normalized spacial score (nSPS) is 13.5. The molecule has 0 aromatic rings. The second kappa shape index (κ2) is 6.79. The molecule has 2 N–H and O–H groups in total. The number of esters is 1. The fraction of sp³-hybridized carbons (Fsp3) is 0.667. The van der Waals surface area contributed by atoms with Crippen LogP contribution < -0.4 is 5.32 Å². The van der Waals surface area contributed by atoms with Gasteiger partial charge in [0.05, 0.1) is 13.2 Å². The summed E-state index contributed by atoms with van der Waals surface area (Å²) >= 11 is 0. The summed E-state index contributed by atoms with van der Waals surface area (Å²) in [5.41, 5.74) is 0. The number of methoxy groups -OCH3 is 1. The maximum absolute atomic E-state index is 11.2.